The molecule has 0 saturated carbocycles. The molecule has 0 spiro atoms. The van der Waals surface area contributed by atoms with Gasteiger partial charge < -0.3 is 20.6 Å². The van der Waals surface area contributed by atoms with Crippen LogP contribution in [0.15, 0.2) is 4.99 Å². The summed E-state index contributed by atoms with van der Waals surface area (Å²) < 4.78 is 0. The van der Waals surface area contributed by atoms with Crippen molar-refractivity contribution in [3.63, 3.8) is 0 Å². The number of carbonyl (C=O) groups excluding carboxylic acids is 1. The SMILES string of the molecule is O=C1NC(C(=O)O)C1CN=C(NP)NP. The standard InChI is InChI=1S/C6H12N4O3P2/c11-4-2(3(8-4)5(12)13)1-7-6(9-14)10-15/h2-3H,1,14-15H2,(H,8,11)(H,12,13)(H2,7,9,10). The maximum absolute atomic E-state index is 11.0. The van der Waals surface area contributed by atoms with Gasteiger partial charge in [0.05, 0.1) is 12.5 Å². The fraction of sp³-hybridized carbons (Fsp3) is 0.500. The van der Waals surface area contributed by atoms with Crippen molar-refractivity contribution in [3.8, 4) is 0 Å². The van der Waals surface area contributed by atoms with Gasteiger partial charge in [-0.05, 0) is 18.8 Å². The van der Waals surface area contributed by atoms with Crippen LogP contribution in [0.2, 0.25) is 0 Å². The van der Waals surface area contributed by atoms with E-state index in [1.54, 1.807) is 0 Å². The molecule has 0 aromatic heterocycles. The highest BCUT2D eigenvalue weighted by molar-refractivity contribution is 7.17. The fourth-order valence-electron chi connectivity index (χ4n) is 1.16. The minimum Gasteiger partial charge on any atom is -0.480 e. The van der Waals surface area contributed by atoms with Crippen LogP contribution in [0.25, 0.3) is 0 Å². The van der Waals surface area contributed by atoms with Crippen LogP contribution in [0, 0.1) is 5.92 Å². The number of nitrogens with one attached hydrogen (secondary N) is 3. The Morgan fingerprint density at radius 1 is 1.53 bits per heavy atom. The van der Waals surface area contributed by atoms with Gasteiger partial charge >= 0.3 is 5.97 Å². The molecular formula is C6H12N4O3P2. The first kappa shape index (κ1) is 12.1. The van der Waals surface area contributed by atoms with E-state index in [9.17, 15) is 9.59 Å². The van der Waals surface area contributed by atoms with E-state index in [0.717, 1.165) is 0 Å². The Hall–Kier alpha value is -0.930. The molecule has 1 amide bonds. The van der Waals surface area contributed by atoms with E-state index in [2.05, 4.69) is 39.3 Å². The molecule has 1 rings (SSSR count). The lowest BCUT2D eigenvalue weighted by molar-refractivity contribution is -0.152. The Bertz CT molecular complexity index is 303. The summed E-state index contributed by atoms with van der Waals surface area (Å²) in [6.07, 6.45) is 0. The molecule has 4 N–H and O–H groups in total. The van der Waals surface area contributed by atoms with Crippen LogP contribution >= 0.6 is 18.8 Å². The number of β-lactam (4-membered cyclic amide) rings is 1. The van der Waals surface area contributed by atoms with Crippen molar-refractivity contribution < 1.29 is 14.7 Å². The van der Waals surface area contributed by atoms with Crippen LogP contribution in [0.4, 0.5) is 0 Å². The van der Waals surface area contributed by atoms with Crippen molar-refractivity contribution in [2.75, 3.05) is 6.54 Å². The number of carbonyl (C=O) groups is 2. The molecule has 15 heavy (non-hydrogen) atoms. The van der Waals surface area contributed by atoms with E-state index in [0.29, 0.717) is 5.96 Å². The molecule has 0 aromatic carbocycles. The summed E-state index contributed by atoms with van der Waals surface area (Å²) in [4.78, 5) is 25.7. The van der Waals surface area contributed by atoms with Gasteiger partial charge in [-0.15, -0.1) is 0 Å². The van der Waals surface area contributed by atoms with E-state index in [1.165, 1.54) is 0 Å². The summed E-state index contributed by atoms with van der Waals surface area (Å²) in [5.41, 5.74) is 0. The van der Waals surface area contributed by atoms with E-state index in [4.69, 9.17) is 5.11 Å². The third kappa shape index (κ3) is 2.76. The van der Waals surface area contributed by atoms with Crippen molar-refractivity contribution in [1.29, 1.82) is 0 Å². The first-order valence-corrected chi connectivity index (χ1v) is 5.26. The third-order valence-corrected chi connectivity index (χ3v) is 2.57. The molecule has 1 heterocycles. The van der Waals surface area contributed by atoms with Gasteiger partial charge in [0.25, 0.3) is 0 Å². The quantitative estimate of drug-likeness (QED) is 0.207. The van der Waals surface area contributed by atoms with Gasteiger partial charge in [-0.1, -0.05) is 0 Å². The highest BCUT2D eigenvalue weighted by Gasteiger charge is 2.43. The summed E-state index contributed by atoms with van der Waals surface area (Å²) in [5.74, 6) is -1.45. The lowest BCUT2D eigenvalue weighted by Gasteiger charge is -2.32. The summed E-state index contributed by atoms with van der Waals surface area (Å²) in [6.45, 7) is 0.140. The normalized spacial score (nSPS) is 23.5. The highest BCUT2D eigenvalue weighted by atomic mass is 31.0. The Morgan fingerprint density at radius 3 is 2.53 bits per heavy atom. The van der Waals surface area contributed by atoms with Crippen molar-refractivity contribution in [2.24, 2.45) is 10.9 Å². The fourth-order valence-corrected chi connectivity index (χ4v) is 1.68. The molecule has 84 valence electrons. The van der Waals surface area contributed by atoms with Crippen LogP contribution in [-0.2, 0) is 9.59 Å². The van der Waals surface area contributed by atoms with Crippen LogP contribution < -0.4 is 15.5 Å². The Balaban J connectivity index is 2.53. The average Bonchev–Trinajstić information content (AvgIpc) is 2.20. The molecule has 0 bridgehead atoms. The number of guanidine groups is 1. The highest BCUT2D eigenvalue weighted by Crippen LogP contribution is 2.15. The van der Waals surface area contributed by atoms with E-state index < -0.39 is 17.9 Å². The maximum atomic E-state index is 11.0. The second-order valence-electron chi connectivity index (χ2n) is 2.91. The molecule has 1 aliphatic heterocycles. The summed E-state index contributed by atoms with van der Waals surface area (Å²) in [5, 5.41) is 16.3. The van der Waals surface area contributed by atoms with Crippen LogP contribution in [0.3, 0.4) is 0 Å². The van der Waals surface area contributed by atoms with Crippen molar-refractivity contribution in [3.05, 3.63) is 0 Å². The van der Waals surface area contributed by atoms with Gasteiger partial charge in [-0.25, -0.2) is 4.79 Å². The number of carboxylic acid groups (broad SMARTS) is 1. The number of aliphatic imine (C=N–C) groups is 1. The first-order valence-electron chi connectivity index (χ1n) is 4.11. The van der Waals surface area contributed by atoms with E-state index >= 15 is 0 Å². The monoisotopic (exact) mass is 250 g/mol. The van der Waals surface area contributed by atoms with Gasteiger partial charge in [-0.3, -0.25) is 9.79 Å². The molecule has 1 aliphatic rings. The topological polar surface area (TPSA) is 103 Å². The zero-order chi connectivity index (χ0) is 11.4. The van der Waals surface area contributed by atoms with Crippen molar-refractivity contribution >= 4 is 36.6 Å². The van der Waals surface area contributed by atoms with Crippen molar-refractivity contribution in [1.82, 2.24) is 15.5 Å². The molecule has 4 atom stereocenters. The zero-order valence-electron chi connectivity index (χ0n) is 7.73. The number of rotatable bonds is 3. The number of hydrogen-bond acceptors (Lipinski definition) is 3. The molecule has 0 aromatic rings. The largest absolute Gasteiger partial charge is 0.480 e. The average molecular weight is 250 g/mol. The lowest BCUT2D eigenvalue weighted by atomic mass is 9.91. The molecule has 1 saturated heterocycles. The number of nitrogens with zero attached hydrogens (tertiary/aromatic N) is 1. The van der Waals surface area contributed by atoms with Gasteiger partial charge in [0, 0.05) is 0 Å². The minimum atomic E-state index is -1.03. The maximum Gasteiger partial charge on any atom is 0.327 e. The van der Waals surface area contributed by atoms with Crippen LogP contribution in [0.1, 0.15) is 0 Å². The Labute approximate surface area is 91.0 Å². The van der Waals surface area contributed by atoms with Crippen LogP contribution in [-0.4, -0.2) is 35.5 Å². The summed E-state index contributed by atoms with van der Waals surface area (Å²) in [6, 6.07) is -0.823. The molecular weight excluding hydrogens is 238 g/mol. The van der Waals surface area contributed by atoms with Gasteiger partial charge in [0.1, 0.15) is 6.04 Å². The third-order valence-electron chi connectivity index (χ3n) is 2.02. The predicted molar refractivity (Wildman–Crippen MR) is 61.0 cm³/mol. The predicted octanol–water partition coefficient (Wildman–Crippen LogP) is -1.70. The molecule has 0 radical (unpaired) electrons. The zero-order valence-corrected chi connectivity index (χ0v) is 10.0. The summed E-state index contributed by atoms with van der Waals surface area (Å²) in [7, 11) is 4.48. The Morgan fingerprint density at radius 2 is 2.13 bits per heavy atom. The molecule has 7 nitrogen and oxygen atoms in total. The molecule has 4 unspecified atom stereocenters. The molecule has 1 fully saturated rings. The second-order valence-corrected chi connectivity index (χ2v) is 3.49. The number of aliphatic carboxylic acids is 1. The number of hydrogen-bond donors (Lipinski definition) is 4. The minimum absolute atomic E-state index is 0.140. The Kier molecular flexibility index (Phi) is 4.24. The molecule has 9 heteroatoms. The number of carboxylic acids is 1. The van der Waals surface area contributed by atoms with Crippen LogP contribution in [0.5, 0.6) is 0 Å². The van der Waals surface area contributed by atoms with Crippen molar-refractivity contribution in [2.45, 2.75) is 6.04 Å². The second kappa shape index (κ2) is 5.24. The van der Waals surface area contributed by atoms with Gasteiger partial charge in [0.2, 0.25) is 5.91 Å². The number of amides is 1. The van der Waals surface area contributed by atoms with Gasteiger partial charge in [-0.2, -0.15) is 0 Å². The smallest absolute Gasteiger partial charge is 0.327 e. The lowest BCUT2D eigenvalue weighted by Crippen LogP contribution is -2.63. The van der Waals surface area contributed by atoms with Gasteiger partial charge in [0.15, 0.2) is 5.96 Å². The van der Waals surface area contributed by atoms with E-state index in [-0.39, 0.29) is 12.5 Å². The summed E-state index contributed by atoms with van der Waals surface area (Å²) >= 11 is 0. The molecule has 0 aliphatic carbocycles. The first-order chi connectivity index (χ1) is 7.10. The van der Waals surface area contributed by atoms with E-state index in [1.807, 2.05) is 0 Å².